The first kappa shape index (κ1) is 17.5. The Balaban J connectivity index is 1.66. The summed E-state index contributed by atoms with van der Waals surface area (Å²) in [5, 5.41) is 9.76. The second kappa shape index (κ2) is 7.73. The molecule has 0 aliphatic carbocycles. The number of amides is 1. The molecule has 2 aromatic heterocycles. The summed E-state index contributed by atoms with van der Waals surface area (Å²) in [6.07, 6.45) is 0.732. The molecule has 8 nitrogen and oxygen atoms in total. The van der Waals surface area contributed by atoms with Crippen LogP contribution in [0.4, 0.5) is 5.95 Å². The average molecular weight is 351 g/mol. The smallest absolute Gasteiger partial charge is 0.270 e. The lowest BCUT2D eigenvalue weighted by Gasteiger charge is -2.08. The maximum Gasteiger partial charge on any atom is 0.270 e. The summed E-state index contributed by atoms with van der Waals surface area (Å²) in [5.74, 6) is 1.31. The Bertz CT molecular complexity index is 890. The third kappa shape index (κ3) is 4.41. The van der Waals surface area contributed by atoms with Crippen LogP contribution < -0.4 is 11.1 Å². The molecule has 0 atom stereocenters. The van der Waals surface area contributed by atoms with Crippen molar-refractivity contribution in [2.75, 3.05) is 5.73 Å². The van der Waals surface area contributed by atoms with Crippen molar-refractivity contribution in [2.24, 2.45) is 5.92 Å². The fourth-order valence-electron chi connectivity index (χ4n) is 2.50. The van der Waals surface area contributed by atoms with Crippen molar-refractivity contribution in [1.29, 1.82) is 0 Å². The third-order valence-electron chi connectivity index (χ3n) is 3.63. The number of carbonyl (C=O) groups is 1. The van der Waals surface area contributed by atoms with Gasteiger partial charge in [-0.25, -0.2) is 15.0 Å². The normalized spacial score (nSPS) is 10.9. The van der Waals surface area contributed by atoms with Crippen LogP contribution in [-0.2, 0) is 13.0 Å². The molecule has 8 heteroatoms. The van der Waals surface area contributed by atoms with Gasteiger partial charge in [-0.3, -0.25) is 9.89 Å². The van der Waals surface area contributed by atoms with Gasteiger partial charge in [0.15, 0.2) is 5.82 Å². The van der Waals surface area contributed by atoms with Crippen LogP contribution in [0.2, 0.25) is 0 Å². The lowest BCUT2D eigenvalue weighted by Crippen LogP contribution is -2.25. The second-order valence-electron chi connectivity index (χ2n) is 6.36. The standard InChI is InChI=1S/C18H21N7O/c1-11(2)8-13-9-14(22-18(19)21-13)17(26)20-10-15-23-16(25-24-15)12-6-4-3-5-7-12/h3-7,9,11H,8,10H2,1-2H3,(H,20,26)(H2,19,21,22)(H,23,24,25). The van der Waals surface area contributed by atoms with Gasteiger partial charge < -0.3 is 11.1 Å². The molecule has 0 saturated heterocycles. The number of benzene rings is 1. The third-order valence-corrected chi connectivity index (χ3v) is 3.63. The molecule has 0 unspecified atom stereocenters. The highest BCUT2D eigenvalue weighted by molar-refractivity contribution is 5.92. The highest BCUT2D eigenvalue weighted by Crippen LogP contribution is 2.13. The number of aromatic nitrogens is 5. The Kier molecular flexibility index (Phi) is 5.21. The zero-order chi connectivity index (χ0) is 18.5. The molecule has 1 aromatic carbocycles. The Morgan fingerprint density at radius 2 is 1.96 bits per heavy atom. The number of nitrogens with one attached hydrogen (secondary N) is 2. The van der Waals surface area contributed by atoms with Gasteiger partial charge in [-0.05, 0) is 18.4 Å². The number of aromatic amines is 1. The summed E-state index contributed by atoms with van der Waals surface area (Å²) in [7, 11) is 0. The van der Waals surface area contributed by atoms with Crippen LogP contribution in [0, 0.1) is 5.92 Å². The monoisotopic (exact) mass is 351 g/mol. The van der Waals surface area contributed by atoms with E-state index in [0.717, 1.165) is 17.7 Å². The number of hydrogen-bond acceptors (Lipinski definition) is 6. The molecule has 1 amide bonds. The predicted octanol–water partition coefficient (Wildman–Crippen LogP) is 1.97. The van der Waals surface area contributed by atoms with Crippen molar-refractivity contribution in [3.8, 4) is 11.4 Å². The first-order valence-electron chi connectivity index (χ1n) is 8.39. The lowest BCUT2D eigenvalue weighted by atomic mass is 10.1. The van der Waals surface area contributed by atoms with E-state index in [1.54, 1.807) is 6.07 Å². The summed E-state index contributed by atoms with van der Waals surface area (Å²) in [5.41, 5.74) is 7.62. The second-order valence-corrected chi connectivity index (χ2v) is 6.36. The number of nitrogen functional groups attached to an aromatic ring is 1. The fourth-order valence-corrected chi connectivity index (χ4v) is 2.50. The van der Waals surface area contributed by atoms with Crippen molar-refractivity contribution < 1.29 is 4.79 Å². The van der Waals surface area contributed by atoms with Gasteiger partial charge in [0.05, 0.1) is 6.54 Å². The van der Waals surface area contributed by atoms with E-state index in [-0.39, 0.29) is 24.1 Å². The van der Waals surface area contributed by atoms with E-state index in [0.29, 0.717) is 17.6 Å². The van der Waals surface area contributed by atoms with Crippen molar-refractivity contribution in [3.05, 3.63) is 53.6 Å². The molecular formula is C18H21N7O. The molecule has 0 aliphatic rings. The van der Waals surface area contributed by atoms with E-state index in [1.165, 1.54) is 0 Å². The molecule has 134 valence electrons. The van der Waals surface area contributed by atoms with Gasteiger partial charge >= 0.3 is 0 Å². The van der Waals surface area contributed by atoms with Crippen LogP contribution in [0.5, 0.6) is 0 Å². The zero-order valence-electron chi connectivity index (χ0n) is 14.7. The highest BCUT2D eigenvalue weighted by atomic mass is 16.1. The summed E-state index contributed by atoms with van der Waals surface area (Å²) in [4.78, 5) is 24.9. The number of nitrogens with zero attached hydrogens (tertiary/aromatic N) is 4. The summed E-state index contributed by atoms with van der Waals surface area (Å²) >= 11 is 0. The van der Waals surface area contributed by atoms with Crippen LogP contribution in [0.25, 0.3) is 11.4 Å². The van der Waals surface area contributed by atoms with Crippen molar-refractivity contribution in [1.82, 2.24) is 30.5 Å². The summed E-state index contributed by atoms with van der Waals surface area (Å²) in [6.45, 7) is 4.36. The van der Waals surface area contributed by atoms with Crippen LogP contribution in [0.1, 0.15) is 35.9 Å². The van der Waals surface area contributed by atoms with Crippen LogP contribution >= 0.6 is 0 Å². The Hall–Kier alpha value is -3.29. The van der Waals surface area contributed by atoms with E-state index >= 15 is 0 Å². The number of H-pyrrole nitrogens is 1. The van der Waals surface area contributed by atoms with E-state index in [1.807, 2.05) is 30.3 Å². The first-order chi connectivity index (χ1) is 12.5. The largest absolute Gasteiger partial charge is 0.368 e. The highest BCUT2D eigenvalue weighted by Gasteiger charge is 2.13. The average Bonchev–Trinajstić information content (AvgIpc) is 3.08. The van der Waals surface area contributed by atoms with Gasteiger partial charge in [-0.2, -0.15) is 5.10 Å². The molecular weight excluding hydrogens is 330 g/mol. The summed E-state index contributed by atoms with van der Waals surface area (Å²) in [6, 6.07) is 11.3. The number of hydrogen-bond donors (Lipinski definition) is 3. The van der Waals surface area contributed by atoms with Crippen molar-refractivity contribution in [3.63, 3.8) is 0 Å². The van der Waals surface area contributed by atoms with Crippen LogP contribution in [-0.4, -0.2) is 31.1 Å². The van der Waals surface area contributed by atoms with Gasteiger partial charge in [0.1, 0.15) is 11.5 Å². The van der Waals surface area contributed by atoms with Crippen LogP contribution in [0.15, 0.2) is 36.4 Å². The van der Waals surface area contributed by atoms with Gasteiger partial charge in [0.2, 0.25) is 5.95 Å². The Morgan fingerprint density at radius 1 is 1.19 bits per heavy atom. The van der Waals surface area contributed by atoms with E-state index < -0.39 is 0 Å². The number of anilines is 1. The molecule has 4 N–H and O–H groups in total. The lowest BCUT2D eigenvalue weighted by molar-refractivity contribution is 0.0944. The summed E-state index contributed by atoms with van der Waals surface area (Å²) < 4.78 is 0. The molecule has 0 fully saturated rings. The maximum atomic E-state index is 12.4. The van der Waals surface area contributed by atoms with Gasteiger partial charge in [-0.15, -0.1) is 0 Å². The van der Waals surface area contributed by atoms with E-state index in [2.05, 4.69) is 44.3 Å². The molecule has 3 rings (SSSR count). The van der Waals surface area contributed by atoms with E-state index in [9.17, 15) is 4.79 Å². The van der Waals surface area contributed by atoms with Gasteiger partial charge in [-0.1, -0.05) is 44.2 Å². The van der Waals surface area contributed by atoms with Crippen molar-refractivity contribution in [2.45, 2.75) is 26.8 Å². The fraction of sp³-hybridized carbons (Fsp3) is 0.278. The topological polar surface area (TPSA) is 122 Å². The molecule has 0 radical (unpaired) electrons. The minimum absolute atomic E-state index is 0.0966. The molecule has 26 heavy (non-hydrogen) atoms. The van der Waals surface area contributed by atoms with Gasteiger partial charge in [0, 0.05) is 11.3 Å². The maximum absolute atomic E-state index is 12.4. The molecule has 2 heterocycles. The first-order valence-corrected chi connectivity index (χ1v) is 8.39. The van der Waals surface area contributed by atoms with Crippen LogP contribution in [0.3, 0.4) is 0 Å². The Morgan fingerprint density at radius 3 is 2.69 bits per heavy atom. The molecule has 0 aliphatic heterocycles. The number of rotatable bonds is 6. The SMILES string of the molecule is CC(C)Cc1cc(C(=O)NCc2nc(-c3ccccc3)n[nH]2)nc(N)n1. The number of nitrogens with two attached hydrogens (primary N) is 1. The molecule has 0 saturated carbocycles. The van der Waals surface area contributed by atoms with Gasteiger partial charge in [0.25, 0.3) is 5.91 Å². The minimum atomic E-state index is -0.332. The zero-order valence-corrected chi connectivity index (χ0v) is 14.7. The minimum Gasteiger partial charge on any atom is -0.368 e. The quantitative estimate of drug-likeness (QED) is 0.624. The Labute approximate surface area is 151 Å². The molecule has 0 spiro atoms. The molecule has 3 aromatic rings. The predicted molar refractivity (Wildman–Crippen MR) is 98.0 cm³/mol. The molecule has 0 bridgehead atoms. The number of carbonyl (C=O) groups excluding carboxylic acids is 1. The van der Waals surface area contributed by atoms with E-state index in [4.69, 9.17) is 5.73 Å². The van der Waals surface area contributed by atoms with Crippen molar-refractivity contribution >= 4 is 11.9 Å².